The first-order chi connectivity index (χ1) is 14.4. The fourth-order valence-corrected chi connectivity index (χ4v) is 5.70. The third-order valence-corrected chi connectivity index (χ3v) is 7.79. The number of aryl methyl sites for hydroxylation is 3. The molecule has 6 nitrogen and oxygen atoms in total. The van der Waals surface area contributed by atoms with E-state index in [1.54, 1.807) is 16.4 Å². The number of anilines is 1. The van der Waals surface area contributed by atoms with Crippen LogP contribution in [0.25, 0.3) is 11.0 Å². The fraction of sp³-hybridized carbons (Fsp3) is 0.435. The molecule has 0 aliphatic carbocycles. The Morgan fingerprint density at radius 2 is 1.80 bits per heavy atom. The van der Waals surface area contributed by atoms with Gasteiger partial charge in [0.1, 0.15) is 5.82 Å². The van der Waals surface area contributed by atoms with Gasteiger partial charge in [0, 0.05) is 25.3 Å². The summed E-state index contributed by atoms with van der Waals surface area (Å²) in [5, 5.41) is 3.49. The molecule has 1 aliphatic rings. The zero-order valence-electron chi connectivity index (χ0n) is 18.0. The maximum Gasteiger partial charge on any atom is 0.243 e. The second-order valence-electron chi connectivity index (χ2n) is 8.06. The Balaban J connectivity index is 1.64. The first kappa shape index (κ1) is 20.9. The monoisotopic (exact) mass is 426 g/mol. The van der Waals surface area contributed by atoms with E-state index in [0.29, 0.717) is 24.5 Å². The van der Waals surface area contributed by atoms with Crippen molar-refractivity contribution in [2.45, 2.75) is 58.0 Å². The van der Waals surface area contributed by atoms with Gasteiger partial charge in [-0.05, 0) is 69.0 Å². The number of aromatic nitrogens is 2. The molecule has 1 aliphatic heterocycles. The zero-order valence-corrected chi connectivity index (χ0v) is 18.8. The molecule has 7 heteroatoms. The molecule has 1 N–H and O–H groups in total. The number of imidazole rings is 1. The average molecular weight is 427 g/mol. The van der Waals surface area contributed by atoms with Gasteiger partial charge in [0.25, 0.3) is 0 Å². The van der Waals surface area contributed by atoms with E-state index in [2.05, 4.69) is 48.9 Å². The van der Waals surface area contributed by atoms with Crippen LogP contribution in [-0.4, -0.2) is 35.4 Å². The second-order valence-corrected chi connectivity index (χ2v) is 10.00. The summed E-state index contributed by atoms with van der Waals surface area (Å²) < 4.78 is 29.9. The third-order valence-electron chi connectivity index (χ3n) is 5.90. The predicted octanol–water partition coefficient (Wildman–Crippen LogP) is 4.46. The number of fused-ring (bicyclic) bond motifs is 1. The fourth-order valence-electron chi connectivity index (χ4n) is 4.16. The molecule has 0 radical (unpaired) electrons. The van der Waals surface area contributed by atoms with E-state index in [1.807, 2.05) is 6.07 Å². The van der Waals surface area contributed by atoms with Gasteiger partial charge in [-0.15, -0.1) is 0 Å². The third kappa shape index (κ3) is 3.96. The van der Waals surface area contributed by atoms with Gasteiger partial charge in [-0.25, -0.2) is 13.4 Å². The summed E-state index contributed by atoms with van der Waals surface area (Å²) in [7, 11) is -3.46. The van der Waals surface area contributed by atoms with Crippen LogP contribution in [0, 0.1) is 13.8 Å². The van der Waals surface area contributed by atoms with Crippen molar-refractivity contribution in [3.05, 3.63) is 53.3 Å². The van der Waals surface area contributed by atoms with Crippen molar-refractivity contribution in [3.8, 4) is 0 Å². The molecule has 0 amide bonds. The Hall–Kier alpha value is -2.38. The van der Waals surface area contributed by atoms with Gasteiger partial charge < -0.3 is 9.88 Å². The topological polar surface area (TPSA) is 67.2 Å². The van der Waals surface area contributed by atoms with Gasteiger partial charge in [-0.3, -0.25) is 0 Å². The van der Waals surface area contributed by atoms with Gasteiger partial charge >= 0.3 is 0 Å². The summed E-state index contributed by atoms with van der Waals surface area (Å²) in [6, 6.07) is 11.7. The van der Waals surface area contributed by atoms with Crippen LogP contribution in [-0.2, 0) is 23.1 Å². The van der Waals surface area contributed by atoms with Crippen molar-refractivity contribution in [3.63, 3.8) is 0 Å². The highest BCUT2D eigenvalue weighted by atomic mass is 32.2. The lowest BCUT2D eigenvalue weighted by Gasteiger charge is -2.25. The number of rotatable bonds is 6. The molecule has 160 valence electrons. The molecule has 0 saturated carbocycles. The largest absolute Gasteiger partial charge is 0.378 e. The minimum absolute atomic E-state index is 0.340. The van der Waals surface area contributed by atoms with E-state index in [4.69, 9.17) is 4.98 Å². The number of nitrogens with zero attached hydrogens (tertiary/aromatic N) is 3. The van der Waals surface area contributed by atoms with Crippen LogP contribution in [0.3, 0.4) is 0 Å². The Labute approximate surface area is 179 Å². The van der Waals surface area contributed by atoms with Crippen LogP contribution in [0.2, 0.25) is 0 Å². The number of hydrogen-bond donors (Lipinski definition) is 1. The van der Waals surface area contributed by atoms with Crippen molar-refractivity contribution < 1.29 is 8.42 Å². The first-order valence-corrected chi connectivity index (χ1v) is 12.1. The number of piperidine rings is 1. The smallest absolute Gasteiger partial charge is 0.243 e. The highest BCUT2D eigenvalue weighted by molar-refractivity contribution is 7.89. The van der Waals surface area contributed by atoms with Crippen molar-refractivity contribution in [2.24, 2.45) is 0 Å². The Bertz CT molecular complexity index is 1160. The predicted molar refractivity (Wildman–Crippen MR) is 121 cm³/mol. The maximum atomic E-state index is 13.1. The Morgan fingerprint density at radius 1 is 1.03 bits per heavy atom. The van der Waals surface area contributed by atoms with E-state index in [0.717, 1.165) is 48.4 Å². The lowest BCUT2D eigenvalue weighted by Crippen LogP contribution is -2.35. The normalized spacial score (nSPS) is 15.6. The number of hydrogen-bond acceptors (Lipinski definition) is 4. The molecular weight excluding hydrogens is 396 g/mol. The molecule has 0 bridgehead atoms. The van der Waals surface area contributed by atoms with E-state index in [-0.39, 0.29) is 0 Å². The molecule has 3 aromatic rings. The van der Waals surface area contributed by atoms with Crippen LogP contribution in [0.4, 0.5) is 5.69 Å². The molecule has 0 spiro atoms. The molecule has 30 heavy (non-hydrogen) atoms. The molecule has 2 heterocycles. The number of benzene rings is 2. The van der Waals surface area contributed by atoms with Crippen molar-refractivity contribution >= 4 is 26.7 Å². The molecule has 1 fully saturated rings. The van der Waals surface area contributed by atoms with E-state index in [9.17, 15) is 8.42 Å². The summed E-state index contributed by atoms with van der Waals surface area (Å²) in [4.78, 5) is 5.13. The van der Waals surface area contributed by atoms with Gasteiger partial charge in [0.05, 0.1) is 22.5 Å². The van der Waals surface area contributed by atoms with Crippen LogP contribution < -0.4 is 5.32 Å². The Morgan fingerprint density at radius 3 is 2.53 bits per heavy atom. The van der Waals surface area contributed by atoms with Gasteiger partial charge in [0.15, 0.2) is 0 Å². The standard InChI is InChI=1S/C23H30N4O2S/c1-4-27-22-11-10-19(30(28,29)26-12-6-5-7-13-26)15-21(22)25-23(27)16-24-20-14-17(2)8-9-18(20)3/h8-11,14-15,24H,4-7,12-13,16H2,1-3H3. The highest BCUT2D eigenvalue weighted by Crippen LogP contribution is 2.26. The average Bonchev–Trinajstić information content (AvgIpc) is 3.11. The lowest BCUT2D eigenvalue weighted by molar-refractivity contribution is 0.346. The van der Waals surface area contributed by atoms with Crippen molar-refractivity contribution in [2.75, 3.05) is 18.4 Å². The van der Waals surface area contributed by atoms with E-state index in [1.165, 1.54) is 11.1 Å². The molecule has 1 aromatic heterocycles. The summed E-state index contributed by atoms with van der Waals surface area (Å²) in [6.45, 7) is 8.82. The number of sulfonamides is 1. The Kier molecular flexibility index (Phi) is 5.84. The summed E-state index contributed by atoms with van der Waals surface area (Å²) >= 11 is 0. The number of nitrogens with one attached hydrogen (secondary N) is 1. The minimum atomic E-state index is -3.46. The zero-order chi connectivity index (χ0) is 21.3. The minimum Gasteiger partial charge on any atom is -0.378 e. The van der Waals surface area contributed by atoms with Crippen molar-refractivity contribution in [1.82, 2.24) is 13.9 Å². The molecule has 2 aromatic carbocycles. The van der Waals surface area contributed by atoms with Crippen LogP contribution in [0.5, 0.6) is 0 Å². The molecule has 0 atom stereocenters. The SMILES string of the molecule is CCn1c(CNc2cc(C)ccc2C)nc2cc(S(=O)(=O)N3CCCCC3)ccc21. The molecule has 4 rings (SSSR count). The van der Waals surface area contributed by atoms with Crippen LogP contribution in [0.15, 0.2) is 41.3 Å². The molecule has 0 unspecified atom stereocenters. The van der Waals surface area contributed by atoms with E-state index >= 15 is 0 Å². The van der Waals surface area contributed by atoms with Crippen LogP contribution >= 0.6 is 0 Å². The summed E-state index contributed by atoms with van der Waals surface area (Å²) in [5.41, 5.74) is 5.19. The van der Waals surface area contributed by atoms with Crippen LogP contribution in [0.1, 0.15) is 43.1 Å². The van der Waals surface area contributed by atoms with Gasteiger partial charge in [0.2, 0.25) is 10.0 Å². The molecular formula is C23H30N4O2S. The summed E-state index contributed by atoms with van der Waals surface area (Å²) in [5.74, 6) is 0.904. The highest BCUT2D eigenvalue weighted by Gasteiger charge is 2.26. The second kappa shape index (κ2) is 8.40. The van der Waals surface area contributed by atoms with Gasteiger partial charge in [-0.2, -0.15) is 4.31 Å². The molecule has 1 saturated heterocycles. The first-order valence-electron chi connectivity index (χ1n) is 10.7. The maximum absolute atomic E-state index is 13.1. The lowest BCUT2D eigenvalue weighted by atomic mass is 10.1. The van der Waals surface area contributed by atoms with Crippen molar-refractivity contribution in [1.29, 1.82) is 0 Å². The van der Waals surface area contributed by atoms with E-state index < -0.39 is 10.0 Å². The summed E-state index contributed by atoms with van der Waals surface area (Å²) in [6.07, 6.45) is 2.96. The van der Waals surface area contributed by atoms with Gasteiger partial charge in [-0.1, -0.05) is 18.6 Å². The quantitative estimate of drug-likeness (QED) is 0.632.